The first-order chi connectivity index (χ1) is 11.2. The van der Waals surface area contributed by atoms with Gasteiger partial charge in [0.25, 0.3) is 0 Å². The molecule has 0 bridgehead atoms. The van der Waals surface area contributed by atoms with Crippen LogP contribution in [0.2, 0.25) is 0 Å². The zero-order valence-corrected chi connectivity index (χ0v) is 13.1. The number of amides is 1. The van der Waals surface area contributed by atoms with Crippen LogP contribution in [0.4, 0.5) is 0 Å². The van der Waals surface area contributed by atoms with Gasteiger partial charge in [-0.15, -0.1) is 0 Å². The van der Waals surface area contributed by atoms with Crippen LogP contribution < -0.4 is 5.32 Å². The minimum atomic E-state index is -0.113. The summed E-state index contributed by atoms with van der Waals surface area (Å²) < 4.78 is 4.94. The number of fused-ring (bicyclic) bond motifs is 1. The number of rotatable bonds is 6. The van der Waals surface area contributed by atoms with Gasteiger partial charge < -0.3 is 9.73 Å². The molecule has 0 atom stereocenters. The number of nitrogens with one attached hydrogen (secondary N) is 1. The molecule has 0 radical (unpaired) electrons. The molecule has 1 heterocycles. The topological polar surface area (TPSA) is 59.3 Å². The van der Waals surface area contributed by atoms with Gasteiger partial charge in [-0.05, 0) is 48.9 Å². The largest absolute Gasteiger partial charge is 0.472 e. The van der Waals surface area contributed by atoms with Crippen LogP contribution in [0.3, 0.4) is 0 Å². The average Bonchev–Trinajstić information content (AvgIpc) is 3.11. The Kier molecular flexibility index (Phi) is 4.91. The molecule has 120 valence electrons. The van der Waals surface area contributed by atoms with Crippen LogP contribution in [0, 0.1) is 0 Å². The van der Waals surface area contributed by atoms with Crippen molar-refractivity contribution in [1.29, 1.82) is 0 Å². The quantitative estimate of drug-likeness (QED) is 0.831. The predicted octanol–water partition coefficient (Wildman–Crippen LogP) is 3.44. The van der Waals surface area contributed by atoms with E-state index in [1.807, 2.05) is 12.1 Å². The molecule has 1 aliphatic rings. The molecule has 0 spiro atoms. The van der Waals surface area contributed by atoms with Crippen molar-refractivity contribution in [2.45, 2.75) is 45.1 Å². The molecule has 1 N–H and O–H groups in total. The maximum Gasteiger partial charge on any atom is 0.220 e. The van der Waals surface area contributed by atoms with Crippen molar-refractivity contribution < 1.29 is 14.0 Å². The zero-order valence-electron chi connectivity index (χ0n) is 13.1. The Hall–Kier alpha value is -2.36. The van der Waals surface area contributed by atoms with E-state index in [2.05, 4.69) is 11.4 Å². The predicted molar refractivity (Wildman–Crippen MR) is 87.2 cm³/mol. The van der Waals surface area contributed by atoms with Gasteiger partial charge >= 0.3 is 0 Å². The highest BCUT2D eigenvalue weighted by Gasteiger charge is 2.14. The minimum Gasteiger partial charge on any atom is -0.472 e. The van der Waals surface area contributed by atoms with Gasteiger partial charge in [0.1, 0.15) is 0 Å². The Labute approximate surface area is 135 Å². The Bertz CT molecular complexity index is 689. The van der Waals surface area contributed by atoms with E-state index in [9.17, 15) is 9.59 Å². The lowest BCUT2D eigenvalue weighted by Gasteiger charge is -2.16. The summed E-state index contributed by atoms with van der Waals surface area (Å²) in [6.45, 7) is 0.433. The van der Waals surface area contributed by atoms with Crippen LogP contribution >= 0.6 is 0 Å². The molecule has 1 aromatic carbocycles. The van der Waals surface area contributed by atoms with E-state index in [4.69, 9.17) is 4.42 Å². The van der Waals surface area contributed by atoms with Crippen LogP contribution in [0.15, 0.2) is 41.2 Å². The molecular weight excluding hydrogens is 290 g/mol. The molecular formula is C19H21NO3. The Morgan fingerprint density at radius 2 is 1.87 bits per heavy atom. The molecule has 1 amide bonds. The number of carbonyl (C=O) groups excluding carboxylic acids is 2. The van der Waals surface area contributed by atoms with Crippen molar-refractivity contribution >= 4 is 11.7 Å². The van der Waals surface area contributed by atoms with Gasteiger partial charge in [0, 0.05) is 30.5 Å². The van der Waals surface area contributed by atoms with Gasteiger partial charge in [-0.3, -0.25) is 9.59 Å². The van der Waals surface area contributed by atoms with Crippen molar-refractivity contribution in [2.24, 2.45) is 0 Å². The number of Topliss-reactive ketones (excluding diaryl/α,β-unsaturated/α-hetero) is 1. The highest BCUT2D eigenvalue weighted by atomic mass is 16.3. The second-order valence-electron chi connectivity index (χ2n) is 6.02. The summed E-state index contributed by atoms with van der Waals surface area (Å²) in [5, 5.41) is 2.79. The number of aryl methyl sites for hydroxylation is 2. The summed E-state index contributed by atoms with van der Waals surface area (Å²) in [5.41, 5.74) is 4.31. The third-order valence-corrected chi connectivity index (χ3v) is 4.32. The maximum absolute atomic E-state index is 12.3. The smallest absolute Gasteiger partial charge is 0.220 e. The second kappa shape index (κ2) is 7.27. The lowest BCUT2D eigenvalue weighted by molar-refractivity contribution is -0.121. The Morgan fingerprint density at radius 1 is 1.04 bits per heavy atom. The fourth-order valence-electron chi connectivity index (χ4n) is 2.96. The van der Waals surface area contributed by atoms with Crippen LogP contribution in [0.1, 0.15) is 52.7 Å². The van der Waals surface area contributed by atoms with Crippen LogP contribution in [0.5, 0.6) is 0 Å². The Morgan fingerprint density at radius 3 is 2.65 bits per heavy atom. The van der Waals surface area contributed by atoms with Gasteiger partial charge in [-0.25, -0.2) is 0 Å². The van der Waals surface area contributed by atoms with Crippen molar-refractivity contribution in [3.8, 4) is 0 Å². The first-order valence-electron chi connectivity index (χ1n) is 8.15. The molecule has 4 nitrogen and oxygen atoms in total. The molecule has 2 aromatic rings. The molecule has 0 saturated heterocycles. The summed E-state index contributed by atoms with van der Waals surface area (Å²) in [7, 11) is 0. The van der Waals surface area contributed by atoms with Crippen molar-refractivity contribution in [3.05, 3.63) is 59.0 Å². The summed E-state index contributed by atoms with van der Waals surface area (Å²) >= 11 is 0. The fraction of sp³-hybridized carbons (Fsp3) is 0.368. The number of ketones is 1. The highest BCUT2D eigenvalue weighted by molar-refractivity contribution is 5.98. The third kappa shape index (κ3) is 4.09. The summed E-state index contributed by atoms with van der Waals surface area (Å²) in [6.07, 6.45) is 8.23. The van der Waals surface area contributed by atoms with Crippen LogP contribution in [-0.4, -0.2) is 11.7 Å². The molecule has 1 aliphatic carbocycles. The molecule has 3 rings (SSSR count). The average molecular weight is 311 g/mol. The third-order valence-electron chi connectivity index (χ3n) is 4.32. The number of furan rings is 1. The van der Waals surface area contributed by atoms with Crippen molar-refractivity contribution in [3.63, 3.8) is 0 Å². The van der Waals surface area contributed by atoms with E-state index >= 15 is 0 Å². The summed E-state index contributed by atoms with van der Waals surface area (Å²) in [5.74, 6) is -0.0747. The van der Waals surface area contributed by atoms with E-state index < -0.39 is 0 Å². The fourth-order valence-corrected chi connectivity index (χ4v) is 2.96. The first-order valence-corrected chi connectivity index (χ1v) is 8.15. The maximum atomic E-state index is 12.3. The molecule has 0 fully saturated rings. The SMILES string of the molecule is O=C(CCC(=O)c1ccc2c(c1)CCCC2)NCc1ccoc1. The second-order valence-corrected chi connectivity index (χ2v) is 6.02. The van der Waals surface area contributed by atoms with Gasteiger partial charge in [0.2, 0.25) is 5.91 Å². The van der Waals surface area contributed by atoms with E-state index in [-0.39, 0.29) is 24.5 Å². The van der Waals surface area contributed by atoms with Gasteiger partial charge in [-0.1, -0.05) is 12.1 Å². The van der Waals surface area contributed by atoms with E-state index in [1.54, 1.807) is 18.6 Å². The van der Waals surface area contributed by atoms with Crippen molar-refractivity contribution in [2.75, 3.05) is 0 Å². The van der Waals surface area contributed by atoms with Crippen LogP contribution in [0.25, 0.3) is 0 Å². The van der Waals surface area contributed by atoms with E-state index in [0.717, 1.165) is 24.0 Å². The van der Waals surface area contributed by atoms with E-state index in [1.165, 1.54) is 24.0 Å². The normalized spacial score (nSPS) is 13.4. The van der Waals surface area contributed by atoms with Crippen molar-refractivity contribution in [1.82, 2.24) is 5.32 Å². The van der Waals surface area contributed by atoms with Gasteiger partial charge in [-0.2, -0.15) is 0 Å². The number of hydrogen-bond donors (Lipinski definition) is 1. The summed E-state index contributed by atoms with van der Waals surface area (Å²) in [4.78, 5) is 24.1. The van der Waals surface area contributed by atoms with Gasteiger partial charge in [0.05, 0.1) is 12.5 Å². The molecule has 23 heavy (non-hydrogen) atoms. The van der Waals surface area contributed by atoms with E-state index in [0.29, 0.717) is 6.54 Å². The standard InChI is InChI=1S/C19H21NO3/c21-18(7-8-19(22)20-12-14-9-10-23-13-14)17-6-5-15-3-1-2-4-16(15)11-17/h5-6,9-11,13H,1-4,7-8,12H2,(H,20,22). The van der Waals surface area contributed by atoms with Gasteiger partial charge in [0.15, 0.2) is 5.78 Å². The zero-order chi connectivity index (χ0) is 16.1. The minimum absolute atomic E-state index is 0.0387. The molecule has 0 aliphatic heterocycles. The number of hydrogen-bond acceptors (Lipinski definition) is 3. The first kappa shape index (κ1) is 15.5. The molecule has 1 aromatic heterocycles. The molecule has 0 saturated carbocycles. The van der Waals surface area contributed by atoms with Crippen LogP contribution in [-0.2, 0) is 24.2 Å². The Balaban J connectivity index is 1.50. The lowest BCUT2D eigenvalue weighted by atomic mass is 9.89. The number of carbonyl (C=O) groups is 2. The highest BCUT2D eigenvalue weighted by Crippen LogP contribution is 2.22. The lowest BCUT2D eigenvalue weighted by Crippen LogP contribution is -2.23. The molecule has 0 unspecified atom stereocenters. The monoisotopic (exact) mass is 311 g/mol. The number of benzene rings is 1. The summed E-state index contributed by atoms with van der Waals surface area (Å²) in [6, 6.07) is 7.79. The molecule has 4 heteroatoms.